The second-order valence-electron chi connectivity index (χ2n) is 7.04. The number of aliphatic imine (C=N–C) groups is 1. The summed E-state index contributed by atoms with van der Waals surface area (Å²) in [6.07, 6.45) is 1.37. The van der Waals surface area contributed by atoms with E-state index in [0.717, 1.165) is 30.8 Å². The van der Waals surface area contributed by atoms with Crippen LogP contribution in [0.2, 0.25) is 0 Å². The van der Waals surface area contributed by atoms with Crippen molar-refractivity contribution in [3.63, 3.8) is 0 Å². The first kappa shape index (κ1) is 25.5. The fourth-order valence-corrected chi connectivity index (χ4v) is 2.22. The van der Waals surface area contributed by atoms with E-state index in [1.807, 2.05) is 58.9 Å². The van der Waals surface area contributed by atoms with Gasteiger partial charge >= 0.3 is 0 Å². The molecule has 0 atom stereocenters. The molecule has 0 aliphatic rings. The summed E-state index contributed by atoms with van der Waals surface area (Å²) in [7, 11) is 0. The highest BCUT2D eigenvalue weighted by Gasteiger charge is 2.14. The number of benzene rings is 1. The molecule has 7 heteroatoms. The average molecular weight is 490 g/mol. The van der Waals surface area contributed by atoms with Gasteiger partial charge in [0.2, 0.25) is 5.91 Å². The minimum atomic E-state index is -0.256. The van der Waals surface area contributed by atoms with Gasteiger partial charge in [0, 0.05) is 31.6 Å². The third kappa shape index (κ3) is 11.7. The molecule has 0 unspecified atom stereocenters. The van der Waals surface area contributed by atoms with E-state index < -0.39 is 0 Å². The molecule has 3 N–H and O–H groups in total. The van der Waals surface area contributed by atoms with Crippen LogP contribution in [0.15, 0.2) is 29.3 Å². The van der Waals surface area contributed by atoms with E-state index in [1.54, 1.807) is 0 Å². The van der Waals surface area contributed by atoms with Gasteiger partial charge in [0.05, 0.1) is 6.54 Å². The number of ether oxygens (including phenoxy) is 1. The molecule has 0 aromatic heterocycles. The second kappa shape index (κ2) is 13.6. The van der Waals surface area contributed by atoms with Crippen molar-refractivity contribution in [2.24, 2.45) is 4.99 Å². The van der Waals surface area contributed by atoms with Gasteiger partial charge in [0.1, 0.15) is 11.4 Å². The summed E-state index contributed by atoms with van der Waals surface area (Å²) in [6, 6.07) is 7.94. The maximum atomic E-state index is 11.7. The van der Waals surface area contributed by atoms with Gasteiger partial charge in [-0.25, -0.2) is 4.99 Å². The monoisotopic (exact) mass is 490 g/mol. The highest BCUT2D eigenvalue weighted by molar-refractivity contribution is 14.0. The van der Waals surface area contributed by atoms with E-state index in [1.165, 1.54) is 0 Å². The van der Waals surface area contributed by atoms with Crippen LogP contribution >= 0.6 is 24.0 Å². The van der Waals surface area contributed by atoms with Gasteiger partial charge in [-0.2, -0.15) is 0 Å². The number of hydrogen-bond acceptors (Lipinski definition) is 3. The number of nitrogens with one attached hydrogen (secondary N) is 3. The molecule has 1 aromatic rings. The smallest absolute Gasteiger partial charge is 0.221 e. The van der Waals surface area contributed by atoms with E-state index in [4.69, 9.17) is 4.74 Å². The molecule has 1 rings (SSSR count). The number of carbonyl (C=O) groups excluding carboxylic acids is 1. The molecule has 27 heavy (non-hydrogen) atoms. The SMILES string of the molecule is CCCNC(=O)CCNC(=NCc1ccccc1OC(C)(C)C)NCC.I. The largest absolute Gasteiger partial charge is 0.488 e. The van der Waals surface area contributed by atoms with Crippen LogP contribution in [0.4, 0.5) is 0 Å². The quantitative estimate of drug-likeness (QED) is 0.282. The van der Waals surface area contributed by atoms with E-state index in [-0.39, 0.29) is 35.5 Å². The molecule has 1 aromatic carbocycles. The van der Waals surface area contributed by atoms with Crippen LogP contribution in [-0.4, -0.2) is 37.1 Å². The zero-order valence-corrected chi connectivity index (χ0v) is 19.6. The number of hydrogen-bond donors (Lipinski definition) is 3. The lowest BCUT2D eigenvalue weighted by Crippen LogP contribution is -2.39. The molecule has 0 saturated carbocycles. The van der Waals surface area contributed by atoms with Crippen molar-refractivity contribution in [1.29, 1.82) is 0 Å². The molecule has 0 radical (unpaired) electrons. The van der Waals surface area contributed by atoms with Crippen LogP contribution in [0.5, 0.6) is 5.75 Å². The molecule has 0 aliphatic heterocycles. The summed E-state index contributed by atoms with van der Waals surface area (Å²) < 4.78 is 6.01. The van der Waals surface area contributed by atoms with E-state index in [0.29, 0.717) is 25.5 Å². The number of para-hydroxylation sites is 1. The third-order valence-corrected chi connectivity index (χ3v) is 3.36. The molecule has 0 fully saturated rings. The van der Waals surface area contributed by atoms with E-state index in [9.17, 15) is 4.79 Å². The van der Waals surface area contributed by atoms with Gasteiger partial charge < -0.3 is 20.7 Å². The molecule has 0 aliphatic carbocycles. The maximum absolute atomic E-state index is 11.7. The Kier molecular flexibility index (Phi) is 12.9. The molecule has 1 amide bonds. The van der Waals surface area contributed by atoms with Gasteiger partial charge in [-0.3, -0.25) is 4.79 Å². The first-order valence-electron chi connectivity index (χ1n) is 9.41. The fraction of sp³-hybridized carbons (Fsp3) is 0.600. The van der Waals surface area contributed by atoms with Gasteiger partial charge in [-0.1, -0.05) is 25.1 Å². The minimum Gasteiger partial charge on any atom is -0.488 e. The van der Waals surface area contributed by atoms with Crippen LogP contribution in [0.25, 0.3) is 0 Å². The minimum absolute atomic E-state index is 0. The summed E-state index contributed by atoms with van der Waals surface area (Å²) in [5.41, 5.74) is 0.773. The van der Waals surface area contributed by atoms with Gasteiger partial charge in [-0.15, -0.1) is 24.0 Å². The highest BCUT2D eigenvalue weighted by Crippen LogP contribution is 2.23. The normalized spacial score (nSPS) is 11.4. The fourth-order valence-electron chi connectivity index (χ4n) is 2.22. The standard InChI is InChI=1S/C20H34N4O2.HI/c1-6-13-22-18(25)12-14-23-19(21-7-2)24-15-16-10-8-9-11-17(16)26-20(3,4)5;/h8-11H,6-7,12-15H2,1-5H3,(H,22,25)(H2,21,23,24);1H. The van der Waals surface area contributed by atoms with Crippen molar-refractivity contribution in [2.45, 2.75) is 59.6 Å². The number of halogens is 1. The Labute approximate surface area is 181 Å². The highest BCUT2D eigenvalue weighted by atomic mass is 127. The Balaban J connectivity index is 0.00000676. The second-order valence-corrected chi connectivity index (χ2v) is 7.04. The van der Waals surface area contributed by atoms with Crippen molar-refractivity contribution in [3.8, 4) is 5.75 Å². The zero-order valence-electron chi connectivity index (χ0n) is 17.2. The first-order valence-corrected chi connectivity index (χ1v) is 9.41. The first-order chi connectivity index (χ1) is 12.4. The Morgan fingerprint density at radius 1 is 1.07 bits per heavy atom. The summed E-state index contributed by atoms with van der Waals surface area (Å²) in [6.45, 7) is 12.7. The molecule has 0 heterocycles. The van der Waals surface area contributed by atoms with Crippen molar-refractivity contribution in [1.82, 2.24) is 16.0 Å². The summed E-state index contributed by atoms with van der Waals surface area (Å²) in [5.74, 6) is 1.60. The lowest BCUT2D eigenvalue weighted by Gasteiger charge is -2.23. The number of guanidine groups is 1. The molecule has 6 nitrogen and oxygen atoms in total. The Bertz CT molecular complexity index is 586. The van der Waals surface area contributed by atoms with Gasteiger partial charge in [0.15, 0.2) is 5.96 Å². The predicted octanol–water partition coefficient (Wildman–Crippen LogP) is 3.45. The molecule has 0 bridgehead atoms. The van der Waals surface area contributed by atoms with Crippen molar-refractivity contribution >= 4 is 35.8 Å². The van der Waals surface area contributed by atoms with Crippen molar-refractivity contribution in [3.05, 3.63) is 29.8 Å². The molecule has 0 saturated heterocycles. The molecular weight excluding hydrogens is 455 g/mol. The number of carbonyl (C=O) groups is 1. The number of nitrogens with zero attached hydrogens (tertiary/aromatic N) is 1. The van der Waals surface area contributed by atoms with Gasteiger partial charge in [-0.05, 0) is 40.2 Å². The van der Waals surface area contributed by atoms with E-state index >= 15 is 0 Å². The van der Waals surface area contributed by atoms with Crippen LogP contribution in [0.1, 0.15) is 53.0 Å². The van der Waals surface area contributed by atoms with Crippen LogP contribution < -0.4 is 20.7 Å². The van der Waals surface area contributed by atoms with Gasteiger partial charge in [0.25, 0.3) is 0 Å². The number of rotatable bonds is 9. The Hall–Kier alpha value is -1.51. The summed E-state index contributed by atoms with van der Waals surface area (Å²) >= 11 is 0. The molecule has 154 valence electrons. The van der Waals surface area contributed by atoms with Crippen LogP contribution in [0.3, 0.4) is 0 Å². The van der Waals surface area contributed by atoms with Crippen LogP contribution in [0, 0.1) is 0 Å². The Morgan fingerprint density at radius 3 is 2.41 bits per heavy atom. The third-order valence-electron chi connectivity index (χ3n) is 3.36. The maximum Gasteiger partial charge on any atom is 0.221 e. The summed E-state index contributed by atoms with van der Waals surface area (Å²) in [5, 5.41) is 9.28. The van der Waals surface area contributed by atoms with Crippen molar-refractivity contribution < 1.29 is 9.53 Å². The molecular formula is C20H35IN4O2. The predicted molar refractivity (Wildman–Crippen MR) is 123 cm³/mol. The lowest BCUT2D eigenvalue weighted by atomic mass is 10.1. The summed E-state index contributed by atoms with van der Waals surface area (Å²) in [4.78, 5) is 16.3. The van der Waals surface area contributed by atoms with E-state index in [2.05, 4.69) is 20.9 Å². The van der Waals surface area contributed by atoms with Crippen LogP contribution in [-0.2, 0) is 11.3 Å². The zero-order chi connectivity index (χ0) is 19.4. The molecule has 0 spiro atoms. The number of amides is 1. The topological polar surface area (TPSA) is 74.8 Å². The lowest BCUT2D eigenvalue weighted by molar-refractivity contribution is -0.120. The Morgan fingerprint density at radius 2 is 1.78 bits per heavy atom. The van der Waals surface area contributed by atoms with Crippen molar-refractivity contribution in [2.75, 3.05) is 19.6 Å². The average Bonchev–Trinajstić information content (AvgIpc) is 2.57.